The normalized spacial score (nSPS) is 10.6. The summed E-state index contributed by atoms with van der Waals surface area (Å²) in [5, 5.41) is 0. The van der Waals surface area contributed by atoms with Crippen molar-refractivity contribution in [2.45, 2.75) is 19.2 Å². The van der Waals surface area contributed by atoms with Crippen LogP contribution in [-0.4, -0.2) is 10.8 Å². The van der Waals surface area contributed by atoms with E-state index in [9.17, 15) is 0 Å². The molecule has 0 fully saturated rings. The van der Waals surface area contributed by atoms with E-state index in [1.54, 1.807) is 0 Å². The summed E-state index contributed by atoms with van der Waals surface area (Å²) in [6.07, 6.45) is 4.41. The molecule has 1 nitrogen and oxygen atoms in total. The van der Waals surface area contributed by atoms with Crippen LogP contribution in [-0.2, 0) is 12.3 Å². The number of aryl methyl sites for hydroxylation is 1. The predicted octanol–water partition coefficient (Wildman–Crippen LogP) is 3.71. The number of rotatable bonds is 4. The lowest BCUT2D eigenvalue weighted by Gasteiger charge is -2.05. The third kappa shape index (κ3) is 2.70. The van der Waals surface area contributed by atoms with Gasteiger partial charge in [0.2, 0.25) is 0 Å². The standard InChI is InChI=1S/C14H17NS/c1-12-8-14(11-16-2)10-15(12)9-13-6-4-3-5-7-13/h3-8,10H,9,11H2,1-2H3. The molecule has 0 aliphatic carbocycles. The third-order valence-electron chi connectivity index (χ3n) is 2.68. The van der Waals surface area contributed by atoms with Crippen molar-refractivity contribution in [3.63, 3.8) is 0 Å². The highest BCUT2D eigenvalue weighted by Gasteiger charge is 2.02. The third-order valence-corrected chi connectivity index (χ3v) is 3.30. The van der Waals surface area contributed by atoms with Crippen molar-refractivity contribution < 1.29 is 0 Å². The molecule has 84 valence electrons. The minimum Gasteiger partial charge on any atom is -0.347 e. The summed E-state index contributed by atoms with van der Waals surface area (Å²) >= 11 is 1.87. The van der Waals surface area contributed by atoms with Crippen molar-refractivity contribution in [1.29, 1.82) is 0 Å². The first-order valence-electron chi connectivity index (χ1n) is 5.48. The van der Waals surface area contributed by atoms with E-state index in [0.717, 1.165) is 12.3 Å². The first-order valence-corrected chi connectivity index (χ1v) is 6.87. The van der Waals surface area contributed by atoms with Gasteiger partial charge in [0.15, 0.2) is 0 Å². The fourth-order valence-corrected chi connectivity index (χ4v) is 2.38. The summed E-state index contributed by atoms with van der Waals surface area (Å²) in [4.78, 5) is 0. The van der Waals surface area contributed by atoms with Crippen LogP contribution in [0.3, 0.4) is 0 Å². The Labute approximate surface area is 101 Å². The molecule has 0 saturated heterocycles. The molecule has 0 aliphatic heterocycles. The van der Waals surface area contributed by atoms with E-state index in [0.29, 0.717) is 0 Å². The molecule has 0 amide bonds. The van der Waals surface area contributed by atoms with Gasteiger partial charge in [0, 0.05) is 24.2 Å². The van der Waals surface area contributed by atoms with Gasteiger partial charge < -0.3 is 4.57 Å². The van der Waals surface area contributed by atoms with Crippen LogP contribution in [0, 0.1) is 6.92 Å². The summed E-state index contributed by atoms with van der Waals surface area (Å²) in [5.74, 6) is 1.10. The highest BCUT2D eigenvalue weighted by Crippen LogP contribution is 2.15. The molecule has 0 unspecified atom stereocenters. The smallest absolute Gasteiger partial charge is 0.0472 e. The minimum absolute atomic E-state index is 0.973. The van der Waals surface area contributed by atoms with E-state index in [-0.39, 0.29) is 0 Å². The molecular weight excluding hydrogens is 214 g/mol. The molecule has 16 heavy (non-hydrogen) atoms. The lowest BCUT2D eigenvalue weighted by Crippen LogP contribution is -1.99. The van der Waals surface area contributed by atoms with Crippen LogP contribution in [0.15, 0.2) is 42.6 Å². The minimum atomic E-state index is 0.973. The summed E-state index contributed by atoms with van der Waals surface area (Å²) in [6.45, 7) is 3.15. The number of nitrogens with zero attached hydrogens (tertiary/aromatic N) is 1. The highest BCUT2D eigenvalue weighted by atomic mass is 32.2. The molecule has 0 bridgehead atoms. The van der Waals surface area contributed by atoms with E-state index in [1.807, 2.05) is 11.8 Å². The average molecular weight is 231 g/mol. The molecule has 0 N–H and O–H groups in total. The Hall–Kier alpha value is -1.15. The van der Waals surface area contributed by atoms with Crippen molar-refractivity contribution in [3.8, 4) is 0 Å². The van der Waals surface area contributed by atoms with Gasteiger partial charge in [-0.2, -0.15) is 11.8 Å². The number of hydrogen-bond donors (Lipinski definition) is 0. The molecule has 1 heterocycles. The van der Waals surface area contributed by atoms with Gasteiger partial charge in [0.25, 0.3) is 0 Å². The zero-order valence-electron chi connectivity index (χ0n) is 9.81. The molecular formula is C14H17NS. The topological polar surface area (TPSA) is 4.93 Å². The Kier molecular flexibility index (Phi) is 3.73. The first-order chi connectivity index (χ1) is 7.79. The van der Waals surface area contributed by atoms with Gasteiger partial charge in [0.05, 0.1) is 0 Å². The molecule has 0 atom stereocenters. The Morgan fingerprint density at radius 3 is 2.56 bits per heavy atom. The van der Waals surface area contributed by atoms with Gasteiger partial charge in [-0.1, -0.05) is 30.3 Å². The SMILES string of the molecule is CSCc1cc(C)n(Cc2ccccc2)c1. The van der Waals surface area contributed by atoms with E-state index in [2.05, 4.69) is 60.3 Å². The van der Waals surface area contributed by atoms with E-state index >= 15 is 0 Å². The highest BCUT2D eigenvalue weighted by molar-refractivity contribution is 7.97. The second-order valence-corrected chi connectivity index (χ2v) is 4.90. The van der Waals surface area contributed by atoms with Crippen molar-refractivity contribution in [2.75, 3.05) is 6.26 Å². The van der Waals surface area contributed by atoms with Gasteiger partial charge in [-0.3, -0.25) is 0 Å². The zero-order chi connectivity index (χ0) is 11.4. The van der Waals surface area contributed by atoms with Gasteiger partial charge >= 0.3 is 0 Å². The molecule has 0 aliphatic rings. The van der Waals surface area contributed by atoms with Crippen LogP contribution in [0.2, 0.25) is 0 Å². The molecule has 1 aromatic carbocycles. The summed E-state index contributed by atoms with van der Waals surface area (Å²) in [5.41, 5.74) is 4.12. The quantitative estimate of drug-likeness (QED) is 0.776. The average Bonchev–Trinajstić information content (AvgIpc) is 2.61. The van der Waals surface area contributed by atoms with Crippen molar-refractivity contribution >= 4 is 11.8 Å². The van der Waals surface area contributed by atoms with E-state index in [4.69, 9.17) is 0 Å². The first kappa shape index (κ1) is 11.3. The molecule has 0 spiro atoms. The van der Waals surface area contributed by atoms with Crippen molar-refractivity contribution in [1.82, 2.24) is 4.57 Å². The molecule has 2 aromatic rings. The fraction of sp³-hybridized carbons (Fsp3) is 0.286. The number of hydrogen-bond acceptors (Lipinski definition) is 1. The van der Waals surface area contributed by atoms with Crippen LogP contribution in [0.5, 0.6) is 0 Å². The van der Waals surface area contributed by atoms with Crippen molar-refractivity contribution in [3.05, 3.63) is 59.4 Å². The fourth-order valence-electron chi connectivity index (χ4n) is 1.89. The van der Waals surface area contributed by atoms with Gasteiger partial charge in [0.1, 0.15) is 0 Å². The molecule has 2 heteroatoms. The van der Waals surface area contributed by atoms with Crippen LogP contribution < -0.4 is 0 Å². The summed E-state index contributed by atoms with van der Waals surface area (Å²) in [6, 6.07) is 12.9. The summed E-state index contributed by atoms with van der Waals surface area (Å²) in [7, 11) is 0. The van der Waals surface area contributed by atoms with Crippen LogP contribution in [0.4, 0.5) is 0 Å². The molecule has 0 radical (unpaired) electrons. The second kappa shape index (κ2) is 5.26. The van der Waals surface area contributed by atoms with Gasteiger partial charge in [-0.15, -0.1) is 0 Å². The number of thioether (sulfide) groups is 1. The molecule has 0 saturated carbocycles. The maximum Gasteiger partial charge on any atom is 0.0472 e. The lowest BCUT2D eigenvalue weighted by molar-refractivity contribution is 0.775. The largest absolute Gasteiger partial charge is 0.347 e. The van der Waals surface area contributed by atoms with Crippen molar-refractivity contribution in [2.24, 2.45) is 0 Å². The lowest BCUT2D eigenvalue weighted by atomic mass is 10.2. The maximum absolute atomic E-state index is 2.32. The van der Waals surface area contributed by atoms with Gasteiger partial charge in [-0.05, 0) is 30.4 Å². The zero-order valence-corrected chi connectivity index (χ0v) is 10.6. The molecule has 1 aromatic heterocycles. The van der Waals surface area contributed by atoms with Crippen LogP contribution in [0.25, 0.3) is 0 Å². The predicted molar refractivity (Wildman–Crippen MR) is 71.9 cm³/mol. The Balaban J connectivity index is 2.15. The molecule has 2 rings (SSSR count). The maximum atomic E-state index is 2.32. The number of benzene rings is 1. The monoisotopic (exact) mass is 231 g/mol. The van der Waals surface area contributed by atoms with E-state index < -0.39 is 0 Å². The number of aromatic nitrogens is 1. The second-order valence-electron chi connectivity index (χ2n) is 4.04. The van der Waals surface area contributed by atoms with Gasteiger partial charge in [-0.25, -0.2) is 0 Å². The van der Waals surface area contributed by atoms with Crippen LogP contribution in [0.1, 0.15) is 16.8 Å². The Bertz CT molecular complexity index is 445. The Morgan fingerprint density at radius 1 is 1.12 bits per heavy atom. The van der Waals surface area contributed by atoms with Crippen LogP contribution >= 0.6 is 11.8 Å². The van der Waals surface area contributed by atoms with E-state index in [1.165, 1.54) is 16.8 Å². The Morgan fingerprint density at radius 2 is 1.88 bits per heavy atom. The summed E-state index contributed by atoms with van der Waals surface area (Å²) < 4.78 is 2.32.